The van der Waals surface area contributed by atoms with Crippen molar-refractivity contribution in [2.45, 2.75) is 32.0 Å². The molecule has 0 spiro atoms. The maximum absolute atomic E-state index is 13.3. The molecule has 0 saturated carbocycles. The molecule has 0 aliphatic carbocycles. The maximum Gasteiger partial charge on any atom is 0.226 e. The normalized spacial score (nSPS) is 18.4. The van der Waals surface area contributed by atoms with Gasteiger partial charge in [0.2, 0.25) is 6.29 Å². The van der Waals surface area contributed by atoms with Crippen molar-refractivity contribution in [3.8, 4) is 0 Å². The van der Waals surface area contributed by atoms with E-state index in [-0.39, 0.29) is 12.1 Å². The molecule has 1 atom stereocenters. The SMILES string of the molecule is Fc1ccc(C(Cc2cccnc2)=NOC2CCCCO2)c(Cl)c1. The van der Waals surface area contributed by atoms with Crippen molar-refractivity contribution >= 4 is 17.3 Å². The number of ether oxygens (including phenoxy) is 1. The second kappa shape index (κ2) is 8.22. The highest BCUT2D eigenvalue weighted by molar-refractivity contribution is 6.34. The van der Waals surface area contributed by atoms with Crippen LogP contribution in [0.15, 0.2) is 47.9 Å². The Bertz CT molecular complexity index is 703. The Kier molecular flexibility index (Phi) is 5.77. The molecular weight excluding hydrogens is 331 g/mol. The lowest BCUT2D eigenvalue weighted by Gasteiger charge is -2.20. The van der Waals surface area contributed by atoms with Gasteiger partial charge in [0.15, 0.2) is 0 Å². The molecule has 4 nitrogen and oxygen atoms in total. The predicted molar refractivity (Wildman–Crippen MR) is 90.6 cm³/mol. The van der Waals surface area contributed by atoms with Gasteiger partial charge in [0, 0.05) is 30.8 Å². The summed E-state index contributed by atoms with van der Waals surface area (Å²) in [5, 5.41) is 4.56. The molecule has 1 aliphatic rings. The lowest BCUT2D eigenvalue weighted by atomic mass is 10.0. The van der Waals surface area contributed by atoms with Crippen LogP contribution in [0, 0.1) is 5.82 Å². The predicted octanol–water partition coefficient (Wildman–Crippen LogP) is 4.36. The lowest BCUT2D eigenvalue weighted by Crippen LogP contribution is -2.21. The molecule has 0 radical (unpaired) electrons. The fraction of sp³-hybridized carbons (Fsp3) is 0.333. The van der Waals surface area contributed by atoms with Crippen LogP contribution in [-0.2, 0) is 16.0 Å². The van der Waals surface area contributed by atoms with E-state index in [1.807, 2.05) is 12.1 Å². The first-order valence-electron chi connectivity index (χ1n) is 7.91. The monoisotopic (exact) mass is 348 g/mol. The Hall–Kier alpha value is -1.98. The van der Waals surface area contributed by atoms with E-state index >= 15 is 0 Å². The minimum Gasteiger partial charge on any atom is -0.363 e. The van der Waals surface area contributed by atoms with Gasteiger partial charge >= 0.3 is 0 Å². The van der Waals surface area contributed by atoms with E-state index in [0.29, 0.717) is 29.3 Å². The Balaban J connectivity index is 1.84. The Morgan fingerprint density at radius 3 is 3.00 bits per heavy atom. The van der Waals surface area contributed by atoms with Gasteiger partial charge in [-0.2, -0.15) is 0 Å². The number of aromatic nitrogens is 1. The third-order valence-corrected chi connectivity index (χ3v) is 4.07. The summed E-state index contributed by atoms with van der Waals surface area (Å²) in [6, 6.07) is 8.03. The number of pyridine rings is 1. The zero-order chi connectivity index (χ0) is 16.8. The molecule has 126 valence electrons. The molecule has 1 fully saturated rings. The Labute approximate surface area is 145 Å². The van der Waals surface area contributed by atoms with E-state index < -0.39 is 0 Å². The van der Waals surface area contributed by atoms with Crippen LogP contribution in [-0.4, -0.2) is 23.6 Å². The number of nitrogens with zero attached hydrogens (tertiary/aromatic N) is 2. The van der Waals surface area contributed by atoms with Crippen molar-refractivity contribution in [3.05, 3.63) is 64.7 Å². The van der Waals surface area contributed by atoms with E-state index in [0.717, 1.165) is 24.8 Å². The van der Waals surface area contributed by atoms with Crippen molar-refractivity contribution in [2.75, 3.05) is 6.61 Å². The van der Waals surface area contributed by atoms with Crippen LogP contribution in [0.4, 0.5) is 4.39 Å². The number of benzene rings is 1. The molecule has 1 unspecified atom stereocenters. The van der Waals surface area contributed by atoms with Crippen LogP contribution in [0.25, 0.3) is 0 Å². The van der Waals surface area contributed by atoms with Gasteiger partial charge < -0.3 is 9.57 Å². The lowest BCUT2D eigenvalue weighted by molar-refractivity contribution is -0.162. The summed E-state index contributed by atoms with van der Waals surface area (Å²) in [5.74, 6) is -0.388. The molecule has 1 aromatic heterocycles. The second-order valence-electron chi connectivity index (χ2n) is 5.60. The molecule has 2 heterocycles. The average molecular weight is 349 g/mol. The minimum atomic E-state index is -0.388. The van der Waals surface area contributed by atoms with Gasteiger partial charge in [-0.25, -0.2) is 4.39 Å². The number of rotatable bonds is 5. The number of oxime groups is 1. The first kappa shape index (κ1) is 16.9. The van der Waals surface area contributed by atoms with Crippen LogP contribution in [0.3, 0.4) is 0 Å². The molecule has 1 aromatic carbocycles. The number of hydrogen-bond donors (Lipinski definition) is 0. The van der Waals surface area contributed by atoms with Gasteiger partial charge in [-0.15, -0.1) is 0 Å². The minimum absolute atomic E-state index is 0.297. The fourth-order valence-corrected chi connectivity index (χ4v) is 2.79. The smallest absolute Gasteiger partial charge is 0.226 e. The van der Waals surface area contributed by atoms with E-state index in [1.54, 1.807) is 18.5 Å². The van der Waals surface area contributed by atoms with Gasteiger partial charge in [0.05, 0.1) is 17.3 Å². The van der Waals surface area contributed by atoms with Gasteiger partial charge in [-0.1, -0.05) is 22.8 Å². The highest BCUT2D eigenvalue weighted by Crippen LogP contribution is 2.21. The molecule has 1 aliphatic heterocycles. The molecule has 24 heavy (non-hydrogen) atoms. The van der Waals surface area contributed by atoms with Crippen LogP contribution in [0.5, 0.6) is 0 Å². The Morgan fingerprint density at radius 2 is 2.29 bits per heavy atom. The third-order valence-electron chi connectivity index (χ3n) is 3.75. The summed E-state index contributed by atoms with van der Waals surface area (Å²) in [6.45, 7) is 0.676. The van der Waals surface area contributed by atoms with E-state index in [9.17, 15) is 4.39 Å². The highest BCUT2D eigenvalue weighted by atomic mass is 35.5. The van der Waals surface area contributed by atoms with Crippen LogP contribution in [0.1, 0.15) is 30.4 Å². The van der Waals surface area contributed by atoms with Crippen molar-refractivity contribution in [2.24, 2.45) is 5.16 Å². The zero-order valence-electron chi connectivity index (χ0n) is 13.1. The first-order valence-corrected chi connectivity index (χ1v) is 8.29. The summed E-state index contributed by atoms with van der Waals surface area (Å²) in [6.07, 6.45) is 6.49. The molecule has 0 bridgehead atoms. The van der Waals surface area contributed by atoms with Crippen molar-refractivity contribution in [3.63, 3.8) is 0 Å². The molecule has 2 aromatic rings. The van der Waals surface area contributed by atoms with Gasteiger partial charge in [-0.3, -0.25) is 4.98 Å². The van der Waals surface area contributed by atoms with Crippen LogP contribution >= 0.6 is 11.6 Å². The second-order valence-corrected chi connectivity index (χ2v) is 6.01. The standard InChI is InChI=1S/C18H18ClFN2O2/c19-16-11-14(20)6-7-15(16)17(10-13-4-3-8-21-12-13)22-24-18-5-1-2-9-23-18/h3-4,6-8,11-12,18H,1-2,5,9-10H2. The molecule has 0 N–H and O–H groups in total. The summed E-state index contributed by atoms with van der Waals surface area (Å²) in [5.41, 5.74) is 2.21. The third kappa shape index (κ3) is 4.52. The molecule has 1 saturated heterocycles. The molecule has 3 rings (SSSR count). The largest absolute Gasteiger partial charge is 0.363 e. The fourth-order valence-electron chi connectivity index (χ4n) is 2.51. The van der Waals surface area contributed by atoms with E-state index in [2.05, 4.69) is 10.1 Å². The summed E-state index contributed by atoms with van der Waals surface area (Å²) in [7, 11) is 0. The van der Waals surface area contributed by atoms with Crippen LogP contribution < -0.4 is 0 Å². The number of hydrogen-bond acceptors (Lipinski definition) is 4. The molecular formula is C18H18ClFN2O2. The van der Waals surface area contributed by atoms with E-state index in [4.69, 9.17) is 21.2 Å². The van der Waals surface area contributed by atoms with Crippen molar-refractivity contribution in [1.82, 2.24) is 4.98 Å². The van der Waals surface area contributed by atoms with Gasteiger partial charge in [0.1, 0.15) is 5.82 Å². The first-order chi connectivity index (χ1) is 11.7. The number of halogens is 2. The Morgan fingerprint density at radius 1 is 1.38 bits per heavy atom. The average Bonchev–Trinajstić information content (AvgIpc) is 2.61. The van der Waals surface area contributed by atoms with Crippen LogP contribution in [0.2, 0.25) is 5.02 Å². The molecule has 6 heteroatoms. The van der Waals surface area contributed by atoms with Crippen molar-refractivity contribution < 1.29 is 14.0 Å². The topological polar surface area (TPSA) is 43.7 Å². The summed E-state index contributed by atoms with van der Waals surface area (Å²) in [4.78, 5) is 9.65. The molecule has 0 amide bonds. The van der Waals surface area contributed by atoms with E-state index in [1.165, 1.54) is 12.1 Å². The maximum atomic E-state index is 13.3. The zero-order valence-corrected chi connectivity index (χ0v) is 13.9. The summed E-state index contributed by atoms with van der Waals surface area (Å²) >= 11 is 6.19. The van der Waals surface area contributed by atoms with Crippen molar-refractivity contribution in [1.29, 1.82) is 0 Å². The summed E-state index contributed by atoms with van der Waals surface area (Å²) < 4.78 is 18.9. The quantitative estimate of drug-likeness (QED) is 0.595. The highest BCUT2D eigenvalue weighted by Gasteiger charge is 2.17. The van der Waals surface area contributed by atoms with Gasteiger partial charge in [-0.05, 0) is 42.7 Å². The van der Waals surface area contributed by atoms with Gasteiger partial charge in [0.25, 0.3) is 0 Å².